The third-order valence-electron chi connectivity index (χ3n) is 3.25. The van der Waals surface area contributed by atoms with E-state index < -0.39 is 10.5 Å². The normalized spacial score (nSPS) is 11.6. The molecule has 7 heteroatoms. The van der Waals surface area contributed by atoms with Gasteiger partial charge in [0.15, 0.2) is 0 Å². The van der Waals surface area contributed by atoms with E-state index in [-0.39, 0.29) is 22.7 Å². The molecule has 0 bridgehead atoms. The van der Waals surface area contributed by atoms with E-state index in [1.54, 1.807) is 24.3 Å². The maximum Gasteiger partial charge on any atom is 0.274 e. The summed E-state index contributed by atoms with van der Waals surface area (Å²) in [5, 5.41) is 20.9. The van der Waals surface area contributed by atoms with Crippen molar-refractivity contribution in [3.05, 3.63) is 80.3 Å². The van der Waals surface area contributed by atoms with Crippen LogP contribution in [-0.4, -0.2) is 20.0 Å². The first-order valence-corrected chi connectivity index (χ1v) is 6.69. The number of nitrogens with zero attached hydrogens (tertiary/aromatic N) is 2. The average Bonchev–Trinajstić information content (AvgIpc) is 2.55. The number of fused-ring (bicyclic) bond motifs is 1. The Kier molecular flexibility index (Phi) is 3.60. The van der Waals surface area contributed by atoms with Gasteiger partial charge in [-0.2, -0.15) is 0 Å². The highest BCUT2D eigenvalue weighted by Gasteiger charge is 2.10. The zero-order valence-corrected chi connectivity index (χ0v) is 11.8. The number of rotatable bonds is 3. The Bertz CT molecular complexity index is 992. The van der Waals surface area contributed by atoms with Gasteiger partial charge >= 0.3 is 0 Å². The number of aliphatic hydroxyl groups excluding tert-OH is 1. The fourth-order valence-corrected chi connectivity index (χ4v) is 2.13. The van der Waals surface area contributed by atoms with E-state index in [4.69, 9.17) is 0 Å². The third kappa shape index (κ3) is 2.93. The number of non-ortho nitro benzene ring substituents is 1. The summed E-state index contributed by atoms with van der Waals surface area (Å²) in [5.41, 5.74) is 0.805. The van der Waals surface area contributed by atoms with Crippen molar-refractivity contribution < 1.29 is 10.0 Å². The number of H-pyrrole nitrogens is 1. The van der Waals surface area contributed by atoms with E-state index in [1.165, 1.54) is 30.3 Å². The fourth-order valence-electron chi connectivity index (χ4n) is 2.13. The van der Waals surface area contributed by atoms with Crippen LogP contribution >= 0.6 is 0 Å². The Morgan fingerprint density at radius 3 is 2.78 bits per heavy atom. The molecule has 3 rings (SSSR count). The topological polar surface area (TPSA) is 109 Å². The number of para-hydroxylation sites is 2. The van der Waals surface area contributed by atoms with E-state index in [0.29, 0.717) is 11.0 Å². The molecule has 0 atom stereocenters. The summed E-state index contributed by atoms with van der Waals surface area (Å²) in [4.78, 5) is 29.1. The minimum Gasteiger partial charge on any atom is -0.507 e. The highest BCUT2D eigenvalue weighted by Crippen LogP contribution is 2.19. The molecule has 3 aromatic rings. The van der Waals surface area contributed by atoms with Crippen molar-refractivity contribution in [1.29, 1.82) is 0 Å². The van der Waals surface area contributed by atoms with Crippen molar-refractivity contribution in [2.75, 3.05) is 0 Å². The maximum atomic E-state index is 12.0. The van der Waals surface area contributed by atoms with Gasteiger partial charge in [-0.3, -0.25) is 14.9 Å². The van der Waals surface area contributed by atoms with Crippen molar-refractivity contribution in [3.8, 4) is 0 Å². The molecule has 0 aliphatic rings. The minimum atomic E-state index is -0.558. The lowest BCUT2D eigenvalue weighted by Gasteiger charge is -2.02. The highest BCUT2D eigenvalue weighted by atomic mass is 16.6. The SMILES string of the molecule is O=c1[nH]c2ccccc2nc1/C=C(\O)c1cccc([N+](=O)[O-])c1. The molecule has 1 aromatic heterocycles. The number of aliphatic hydroxyl groups is 1. The largest absolute Gasteiger partial charge is 0.507 e. The number of nitro benzene ring substituents is 1. The van der Waals surface area contributed by atoms with E-state index in [1.807, 2.05) is 0 Å². The summed E-state index contributed by atoms with van der Waals surface area (Å²) < 4.78 is 0. The van der Waals surface area contributed by atoms with Crippen LogP contribution in [0.5, 0.6) is 0 Å². The number of aromatic nitrogens is 2. The van der Waals surface area contributed by atoms with E-state index in [0.717, 1.165) is 0 Å². The predicted octanol–water partition coefficient (Wildman–Crippen LogP) is 2.89. The number of aromatic amines is 1. The molecule has 0 saturated heterocycles. The third-order valence-corrected chi connectivity index (χ3v) is 3.25. The van der Waals surface area contributed by atoms with Crippen LogP contribution in [0, 0.1) is 10.1 Å². The van der Waals surface area contributed by atoms with Crippen LogP contribution < -0.4 is 5.56 Å². The fraction of sp³-hybridized carbons (Fsp3) is 0. The van der Waals surface area contributed by atoms with Gasteiger partial charge in [0.2, 0.25) is 0 Å². The van der Waals surface area contributed by atoms with Crippen molar-refractivity contribution in [1.82, 2.24) is 9.97 Å². The molecule has 0 aliphatic carbocycles. The second kappa shape index (κ2) is 5.72. The van der Waals surface area contributed by atoms with Gasteiger partial charge in [-0.15, -0.1) is 0 Å². The van der Waals surface area contributed by atoms with E-state index in [9.17, 15) is 20.0 Å². The Morgan fingerprint density at radius 1 is 1.22 bits per heavy atom. The van der Waals surface area contributed by atoms with E-state index in [2.05, 4.69) is 9.97 Å². The monoisotopic (exact) mass is 309 g/mol. The Balaban J connectivity index is 2.07. The minimum absolute atomic E-state index is 0.0210. The van der Waals surface area contributed by atoms with Crippen LogP contribution in [0.2, 0.25) is 0 Å². The molecule has 7 nitrogen and oxygen atoms in total. The Hall–Kier alpha value is -3.48. The summed E-state index contributed by atoms with van der Waals surface area (Å²) in [6.07, 6.45) is 1.18. The zero-order chi connectivity index (χ0) is 16.4. The Morgan fingerprint density at radius 2 is 2.00 bits per heavy atom. The van der Waals surface area contributed by atoms with Crippen molar-refractivity contribution in [3.63, 3.8) is 0 Å². The summed E-state index contributed by atoms with van der Waals surface area (Å²) in [5.74, 6) is -0.276. The van der Waals surface area contributed by atoms with Gasteiger partial charge in [0, 0.05) is 23.8 Å². The van der Waals surface area contributed by atoms with Gasteiger partial charge in [0.25, 0.3) is 11.2 Å². The molecule has 0 aliphatic heterocycles. The smallest absolute Gasteiger partial charge is 0.274 e. The second-order valence-electron chi connectivity index (χ2n) is 4.81. The number of nitrogens with one attached hydrogen (secondary N) is 1. The van der Waals surface area contributed by atoms with Crippen LogP contribution in [0.3, 0.4) is 0 Å². The molecule has 0 spiro atoms. The lowest BCUT2D eigenvalue weighted by atomic mass is 10.1. The first-order valence-electron chi connectivity index (χ1n) is 6.69. The number of benzene rings is 2. The van der Waals surface area contributed by atoms with Crippen molar-refractivity contribution in [2.24, 2.45) is 0 Å². The van der Waals surface area contributed by atoms with Gasteiger partial charge in [-0.05, 0) is 12.1 Å². The van der Waals surface area contributed by atoms with Crippen LogP contribution in [0.1, 0.15) is 11.3 Å². The Labute approximate surface area is 129 Å². The molecular weight excluding hydrogens is 298 g/mol. The molecule has 0 saturated carbocycles. The first kappa shape index (κ1) is 14.5. The van der Waals surface area contributed by atoms with Crippen LogP contribution in [0.15, 0.2) is 53.3 Å². The highest BCUT2D eigenvalue weighted by molar-refractivity contribution is 5.79. The molecule has 2 N–H and O–H groups in total. The number of hydrogen-bond donors (Lipinski definition) is 2. The lowest BCUT2D eigenvalue weighted by molar-refractivity contribution is -0.384. The number of nitro groups is 1. The van der Waals surface area contributed by atoms with Gasteiger partial charge in [-0.1, -0.05) is 24.3 Å². The zero-order valence-electron chi connectivity index (χ0n) is 11.8. The summed E-state index contributed by atoms with van der Waals surface area (Å²) >= 11 is 0. The standard InChI is InChI=1S/C16H11N3O4/c20-15(10-4-3-5-11(8-10)19(22)23)9-14-16(21)18-13-7-2-1-6-12(13)17-14/h1-9,20H,(H,18,21)/b15-9-. The molecule has 0 fully saturated rings. The van der Waals surface area contributed by atoms with Gasteiger partial charge in [0.1, 0.15) is 11.5 Å². The molecule has 0 radical (unpaired) electrons. The van der Waals surface area contributed by atoms with Crippen molar-refractivity contribution in [2.45, 2.75) is 0 Å². The molecule has 2 aromatic carbocycles. The van der Waals surface area contributed by atoms with Gasteiger partial charge < -0.3 is 10.1 Å². The first-order chi connectivity index (χ1) is 11.0. The average molecular weight is 309 g/mol. The van der Waals surface area contributed by atoms with E-state index >= 15 is 0 Å². The van der Waals surface area contributed by atoms with Gasteiger partial charge in [-0.25, -0.2) is 4.98 Å². The lowest BCUT2D eigenvalue weighted by Crippen LogP contribution is -2.12. The number of hydrogen-bond acceptors (Lipinski definition) is 5. The molecule has 114 valence electrons. The predicted molar refractivity (Wildman–Crippen MR) is 86.0 cm³/mol. The summed E-state index contributed by atoms with van der Waals surface area (Å²) in [6, 6.07) is 12.5. The van der Waals surface area contributed by atoms with Crippen LogP contribution in [0.4, 0.5) is 5.69 Å². The second-order valence-corrected chi connectivity index (χ2v) is 4.81. The quantitative estimate of drug-likeness (QED) is 0.439. The summed E-state index contributed by atoms with van der Waals surface area (Å²) in [7, 11) is 0. The molecular formula is C16H11N3O4. The van der Waals surface area contributed by atoms with Crippen LogP contribution in [-0.2, 0) is 0 Å². The molecule has 0 amide bonds. The van der Waals surface area contributed by atoms with Crippen molar-refractivity contribution >= 4 is 28.6 Å². The molecule has 23 heavy (non-hydrogen) atoms. The molecule has 1 heterocycles. The van der Waals surface area contributed by atoms with Crippen LogP contribution in [0.25, 0.3) is 22.9 Å². The maximum absolute atomic E-state index is 12.0. The summed E-state index contributed by atoms with van der Waals surface area (Å²) in [6.45, 7) is 0. The molecule has 0 unspecified atom stereocenters. The van der Waals surface area contributed by atoms with Gasteiger partial charge in [0.05, 0.1) is 16.0 Å².